The second kappa shape index (κ2) is 4.98. The van der Waals surface area contributed by atoms with E-state index in [4.69, 9.17) is 4.74 Å². The van der Waals surface area contributed by atoms with Gasteiger partial charge in [0.2, 0.25) is 0 Å². The van der Waals surface area contributed by atoms with Crippen molar-refractivity contribution in [3.63, 3.8) is 0 Å². The lowest BCUT2D eigenvalue weighted by molar-refractivity contribution is 0.357. The average molecular weight is 349 g/mol. The summed E-state index contributed by atoms with van der Waals surface area (Å²) in [6.45, 7) is 6.84. The molecule has 0 bridgehead atoms. The Bertz CT molecular complexity index is 760. The summed E-state index contributed by atoms with van der Waals surface area (Å²) >= 11 is 3.35. The molecule has 0 radical (unpaired) electrons. The highest BCUT2D eigenvalue weighted by Gasteiger charge is 2.23. The zero-order chi connectivity index (χ0) is 15.2. The largest absolute Gasteiger partial charge is 0.493 e. The Kier molecular flexibility index (Phi) is 3.40. The number of halogens is 1. The van der Waals surface area contributed by atoms with Crippen molar-refractivity contribution in [2.75, 3.05) is 6.61 Å². The molecule has 0 fully saturated rings. The molecule has 2 heterocycles. The Balaban J connectivity index is 2.15. The molecule has 3 rings (SSSR count). The summed E-state index contributed by atoms with van der Waals surface area (Å²) in [5.74, 6) is 1.53. The Labute approximate surface area is 131 Å². The van der Waals surface area contributed by atoms with Crippen molar-refractivity contribution in [3.8, 4) is 17.1 Å². The summed E-state index contributed by atoms with van der Waals surface area (Å²) in [7, 11) is 0. The number of aromatic amines is 1. The number of hydrogen-bond donors (Lipinski definition) is 1. The van der Waals surface area contributed by atoms with Gasteiger partial charge in [-0.2, -0.15) is 0 Å². The summed E-state index contributed by atoms with van der Waals surface area (Å²) < 4.78 is 6.01. The normalized spacial score (nSPS) is 13.9. The first kappa shape index (κ1) is 14.3. The van der Waals surface area contributed by atoms with E-state index in [-0.39, 0.29) is 11.0 Å². The Morgan fingerprint density at radius 1 is 1.33 bits per heavy atom. The van der Waals surface area contributed by atoms with E-state index in [9.17, 15) is 4.79 Å². The monoisotopic (exact) mass is 348 g/mol. The molecular weight excluding hydrogens is 332 g/mol. The molecule has 2 aromatic rings. The van der Waals surface area contributed by atoms with E-state index in [1.807, 2.05) is 39.0 Å². The minimum absolute atomic E-state index is 0.151. The Morgan fingerprint density at radius 2 is 2.10 bits per heavy atom. The lowest BCUT2D eigenvalue weighted by Gasteiger charge is -2.19. The van der Waals surface area contributed by atoms with Crippen molar-refractivity contribution < 1.29 is 4.74 Å². The third-order valence-electron chi connectivity index (χ3n) is 3.54. The van der Waals surface area contributed by atoms with Crippen LogP contribution >= 0.6 is 15.9 Å². The minimum Gasteiger partial charge on any atom is -0.493 e. The number of aromatic nitrogens is 2. The van der Waals surface area contributed by atoms with Crippen LogP contribution in [0.25, 0.3) is 11.4 Å². The highest BCUT2D eigenvalue weighted by molar-refractivity contribution is 9.10. The van der Waals surface area contributed by atoms with Gasteiger partial charge in [0.1, 0.15) is 16.0 Å². The molecule has 0 saturated heterocycles. The third-order valence-corrected chi connectivity index (χ3v) is 4.27. The van der Waals surface area contributed by atoms with Gasteiger partial charge in [0.15, 0.2) is 0 Å². The van der Waals surface area contributed by atoms with Gasteiger partial charge in [-0.05, 0) is 39.7 Å². The van der Waals surface area contributed by atoms with Crippen molar-refractivity contribution in [2.45, 2.75) is 32.6 Å². The highest BCUT2D eigenvalue weighted by Crippen LogP contribution is 2.31. The van der Waals surface area contributed by atoms with Crippen LogP contribution in [0.5, 0.6) is 5.75 Å². The van der Waals surface area contributed by atoms with E-state index in [0.717, 1.165) is 35.6 Å². The maximum Gasteiger partial charge on any atom is 0.265 e. The van der Waals surface area contributed by atoms with Crippen LogP contribution in [-0.2, 0) is 11.8 Å². The van der Waals surface area contributed by atoms with Gasteiger partial charge in [0.05, 0.1) is 12.3 Å². The second-order valence-corrected chi connectivity index (χ2v) is 7.04. The molecule has 0 unspecified atom stereocenters. The lowest BCUT2D eigenvalue weighted by Crippen LogP contribution is -2.22. The van der Waals surface area contributed by atoms with Crippen LogP contribution in [0.2, 0.25) is 0 Å². The predicted molar refractivity (Wildman–Crippen MR) is 85.9 cm³/mol. The molecule has 1 aliphatic rings. The van der Waals surface area contributed by atoms with E-state index in [1.54, 1.807) is 0 Å². The van der Waals surface area contributed by atoms with E-state index in [2.05, 4.69) is 25.9 Å². The van der Waals surface area contributed by atoms with E-state index >= 15 is 0 Å². The van der Waals surface area contributed by atoms with E-state index in [1.165, 1.54) is 0 Å². The maximum atomic E-state index is 12.1. The van der Waals surface area contributed by atoms with Gasteiger partial charge < -0.3 is 9.72 Å². The number of benzene rings is 1. The van der Waals surface area contributed by atoms with Crippen molar-refractivity contribution >= 4 is 15.9 Å². The molecule has 1 N–H and O–H groups in total. The third kappa shape index (κ3) is 2.62. The molecular formula is C16H17BrN2O2. The Morgan fingerprint density at radius 3 is 2.81 bits per heavy atom. The summed E-state index contributed by atoms with van der Waals surface area (Å²) in [5.41, 5.74) is 2.48. The van der Waals surface area contributed by atoms with Crippen LogP contribution in [0.3, 0.4) is 0 Å². The fraction of sp³-hybridized carbons (Fsp3) is 0.375. The molecule has 0 saturated carbocycles. The molecule has 0 atom stereocenters. The van der Waals surface area contributed by atoms with Crippen molar-refractivity contribution in [1.29, 1.82) is 0 Å². The molecule has 0 spiro atoms. The van der Waals surface area contributed by atoms with Gasteiger partial charge in [0, 0.05) is 17.4 Å². The number of fused-ring (bicyclic) bond motifs is 1. The molecule has 1 aliphatic heterocycles. The molecule has 21 heavy (non-hydrogen) atoms. The fourth-order valence-corrected chi connectivity index (χ4v) is 3.21. The fourth-order valence-electron chi connectivity index (χ4n) is 2.43. The first-order valence-electron chi connectivity index (χ1n) is 6.92. The Hall–Kier alpha value is -1.62. The predicted octanol–water partition coefficient (Wildman–Crippen LogP) is 3.43. The average Bonchev–Trinajstić information content (AvgIpc) is 2.87. The lowest BCUT2D eigenvalue weighted by atomic mass is 9.92. The zero-order valence-corrected chi connectivity index (χ0v) is 13.9. The van der Waals surface area contributed by atoms with Crippen molar-refractivity contribution in [2.24, 2.45) is 0 Å². The first-order valence-corrected chi connectivity index (χ1v) is 7.72. The van der Waals surface area contributed by atoms with Crippen LogP contribution in [-0.4, -0.2) is 16.6 Å². The van der Waals surface area contributed by atoms with Crippen LogP contribution in [0.15, 0.2) is 27.5 Å². The van der Waals surface area contributed by atoms with Crippen LogP contribution in [0.1, 0.15) is 32.0 Å². The first-order chi connectivity index (χ1) is 9.86. The second-order valence-electron chi connectivity index (χ2n) is 6.25. The van der Waals surface area contributed by atoms with E-state index in [0.29, 0.717) is 10.3 Å². The minimum atomic E-state index is -0.207. The topological polar surface area (TPSA) is 55.0 Å². The van der Waals surface area contributed by atoms with Gasteiger partial charge in [-0.25, -0.2) is 4.98 Å². The molecule has 1 aromatic carbocycles. The number of hydrogen-bond acceptors (Lipinski definition) is 3. The number of rotatable bonds is 1. The molecule has 5 heteroatoms. The quantitative estimate of drug-likeness (QED) is 0.858. The highest BCUT2D eigenvalue weighted by atomic mass is 79.9. The smallest absolute Gasteiger partial charge is 0.265 e. The molecule has 4 nitrogen and oxygen atoms in total. The summed E-state index contributed by atoms with van der Waals surface area (Å²) in [6, 6.07) is 5.92. The van der Waals surface area contributed by atoms with Gasteiger partial charge >= 0.3 is 0 Å². The van der Waals surface area contributed by atoms with Crippen LogP contribution < -0.4 is 10.3 Å². The van der Waals surface area contributed by atoms with Crippen molar-refractivity contribution in [1.82, 2.24) is 9.97 Å². The van der Waals surface area contributed by atoms with E-state index < -0.39 is 0 Å². The number of nitrogens with zero attached hydrogens (tertiary/aromatic N) is 1. The molecule has 1 aromatic heterocycles. The van der Waals surface area contributed by atoms with Crippen LogP contribution in [0, 0.1) is 0 Å². The van der Waals surface area contributed by atoms with Gasteiger partial charge in [0.25, 0.3) is 5.56 Å². The summed E-state index contributed by atoms with van der Waals surface area (Å²) in [5, 5.41) is 0. The number of nitrogens with one attached hydrogen (secondary N) is 1. The molecule has 0 aliphatic carbocycles. The number of ether oxygens (including phenoxy) is 1. The van der Waals surface area contributed by atoms with Crippen molar-refractivity contribution in [3.05, 3.63) is 44.3 Å². The van der Waals surface area contributed by atoms with Crippen LogP contribution in [0.4, 0.5) is 0 Å². The zero-order valence-electron chi connectivity index (χ0n) is 12.3. The van der Waals surface area contributed by atoms with Gasteiger partial charge in [-0.1, -0.05) is 20.8 Å². The van der Waals surface area contributed by atoms with Gasteiger partial charge in [-0.15, -0.1) is 0 Å². The summed E-state index contributed by atoms with van der Waals surface area (Å²) in [6.07, 6.45) is 0.899. The molecule has 110 valence electrons. The number of H-pyrrole nitrogens is 1. The standard InChI is InChI=1S/C16H17BrN2O2/c1-16(2,3)13-12(17)15(20)19-14(18-13)10-4-5-11-9(8-10)6-7-21-11/h4-5,8H,6-7H2,1-3H3,(H,18,19,20). The maximum absolute atomic E-state index is 12.1. The van der Waals surface area contributed by atoms with Gasteiger partial charge in [-0.3, -0.25) is 4.79 Å². The summed E-state index contributed by atoms with van der Waals surface area (Å²) in [4.78, 5) is 19.6. The molecule has 0 amide bonds. The SMILES string of the molecule is CC(C)(C)c1nc(-c2ccc3c(c2)CCO3)[nH]c(=O)c1Br.